The van der Waals surface area contributed by atoms with Gasteiger partial charge in [0, 0.05) is 17.2 Å². The van der Waals surface area contributed by atoms with Gasteiger partial charge in [0.2, 0.25) is 17.7 Å². The maximum atomic E-state index is 14.3. The number of nitrogens with one attached hydrogen (secondary N) is 1. The molecule has 1 fully saturated rings. The zero-order valence-electron chi connectivity index (χ0n) is 21.6. The Hall–Kier alpha value is -4.62. The van der Waals surface area contributed by atoms with Crippen LogP contribution in [0, 0.1) is 17.7 Å². The second kappa shape index (κ2) is 9.49. The number of carbonyl (C=O) groups excluding carboxylic acids is 3. The van der Waals surface area contributed by atoms with Crippen LogP contribution < -0.4 is 10.3 Å². The first-order chi connectivity index (χ1) is 19.9. The van der Waals surface area contributed by atoms with Crippen LogP contribution in [0.25, 0.3) is 0 Å². The van der Waals surface area contributed by atoms with Gasteiger partial charge in [-0.05, 0) is 64.2 Å². The van der Waals surface area contributed by atoms with E-state index >= 15 is 0 Å². The molecular formula is C33H23ClFN3O3. The van der Waals surface area contributed by atoms with Crippen LogP contribution in [0.1, 0.15) is 33.7 Å². The Morgan fingerprint density at radius 1 is 0.878 bits per heavy atom. The minimum absolute atomic E-state index is 0.0958. The first-order valence-corrected chi connectivity index (χ1v) is 13.7. The molecule has 8 heteroatoms. The molecule has 0 unspecified atom stereocenters. The van der Waals surface area contributed by atoms with E-state index in [0.717, 1.165) is 27.8 Å². The summed E-state index contributed by atoms with van der Waals surface area (Å²) in [6, 6.07) is 27.9. The van der Waals surface area contributed by atoms with E-state index < -0.39 is 23.1 Å². The molecule has 3 amide bonds. The lowest BCUT2D eigenvalue weighted by Gasteiger charge is -2.52. The lowest BCUT2D eigenvalue weighted by Crippen LogP contribution is -2.54. The number of hydrogen-bond donors (Lipinski definition) is 1. The largest absolute Gasteiger partial charge is 0.274 e. The van der Waals surface area contributed by atoms with Crippen LogP contribution >= 0.6 is 11.6 Å². The molecule has 2 atom stereocenters. The number of rotatable bonds is 5. The molecule has 202 valence electrons. The Kier molecular flexibility index (Phi) is 5.87. The molecule has 4 aromatic rings. The molecule has 2 bridgehead atoms. The van der Waals surface area contributed by atoms with Gasteiger partial charge in [0.1, 0.15) is 5.82 Å². The number of nitrogens with zero attached hydrogens (tertiary/aromatic N) is 2. The van der Waals surface area contributed by atoms with Crippen molar-refractivity contribution in [2.24, 2.45) is 16.9 Å². The van der Waals surface area contributed by atoms with E-state index in [0.29, 0.717) is 10.7 Å². The molecular weight excluding hydrogens is 541 g/mol. The minimum atomic E-state index is -1.11. The Balaban J connectivity index is 1.34. The highest BCUT2D eigenvalue weighted by molar-refractivity contribution is 6.30. The lowest BCUT2D eigenvalue weighted by molar-refractivity contribution is -0.123. The molecule has 1 heterocycles. The van der Waals surface area contributed by atoms with Crippen LogP contribution in [0.2, 0.25) is 5.02 Å². The minimum Gasteiger partial charge on any atom is -0.274 e. The van der Waals surface area contributed by atoms with Gasteiger partial charge in [0.25, 0.3) is 0 Å². The fourth-order valence-corrected chi connectivity index (χ4v) is 7.05. The highest BCUT2D eigenvalue weighted by atomic mass is 35.5. The first-order valence-electron chi connectivity index (χ1n) is 13.3. The smallest absolute Gasteiger partial charge is 0.244 e. The van der Waals surface area contributed by atoms with Gasteiger partial charge in [0.05, 0.1) is 29.4 Å². The van der Waals surface area contributed by atoms with E-state index in [-0.39, 0.29) is 30.1 Å². The van der Waals surface area contributed by atoms with Crippen LogP contribution in [0.3, 0.4) is 0 Å². The average Bonchev–Trinajstić information content (AvgIpc) is 3.25. The molecule has 0 saturated carbocycles. The molecule has 4 aliphatic rings. The summed E-state index contributed by atoms with van der Waals surface area (Å²) < 4.78 is 13.7. The summed E-state index contributed by atoms with van der Waals surface area (Å²) in [6.07, 6.45) is 1.72. The Labute approximate surface area is 240 Å². The Morgan fingerprint density at radius 2 is 1.49 bits per heavy atom. The predicted octanol–water partition coefficient (Wildman–Crippen LogP) is 5.37. The zero-order chi connectivity index (χ0) is 28.3. The average molecular weight is 564 g/mol. The second-order valence-corrected chi connectivity index (χ2v) is 11.0. The fourth-order valence-electron chi connectivity index (χ4n) is 6.93. The van der Waals surface area contributed by atoms with Gasteiger partial charge in [0.15, 0.2) is 0 Å². The normalized spacial score (nSPS) is 23.9. The molecule has 8 rings (SSSR count). The molecule has 0 aromatic heterocycles. The number of amides is 3. The van der Waals surface area contributed by atoms with Gasteiger partial charge < -0.3 is 0 Å². The van der Waals surface area contributed by atoms with E-state index in [1.54, 1.807) is 30.5 Å². The van der Waals surface area contributed by atoms with Crippen LogP contribution in [-0.4, -0.2) is 23.9 Å². The molecule has 0 spiro atoms. The second-order valence-electron chi connectivity index (χ2n) is 10.6. The zero-order valence-corrected chi connectivity index (χ0v) is 22.4. The van der Waals surface area contributed by atoms with Crippen molar-refractivity contribution < 1.29 is 18.8 Å². The molecule has 41 heavy (non-hydrogen) atoms. The first kappa shape index (κ1) is 25.4. The van der Waals surface area contributed by atoms with Crippen LogP contribution in [-0.2, 0) is 26.2 Å². The number of hydrazone groups is 1. The predicted molar refractivity (Wildman–Crippen MR) is 153 cm³/mol. The van der Waals surface area contributed by atoms with Gasteiger partial charge >= 0.3 is 0 Å². The summed E-state index contributed by atoms with van der Waals surface area (Å²) in [4.78, 5) is 42.4. The highest BCUT2D eigenvalue weighted by Crippen LogP contribution is 2.63. The van der Waals surface area contributed by atoms with E-state index in [2.05, 4.69) is 10.5 Å². The van der Waals surface area contributed by atoms with Crippen LogP contribution in [0.5, 0.6) is 0 Å². The third-order valence-electron chi connectivity index (χ3n) is 8.50. The summed E-state index contributed by atoms with van der Waals surface area (Å²) in [7, 11) is 0. The van der Waals surface area contributed by atoms with Gasteiger partial charge in [-0.3, -0.25) is 14.4 Å². The van der Waals surface area contributed by atoms with E-state index in [4.69, 9.17) is 11.6 Å². The summed E-state index contributed by atoms with van der Waals surface area (Å²) in [6.45, 7) is 0. The summed E-state index contributed by atoms with van der Waals surface area (Å²) in [5.74, 6) is -3.30. The topological polar surface area (TPSA) is 78.8 Å². The Bertz CT molecular complexity index is 1710. The van der Waals surface area contributed by atoms with E-state index in [1.165, 1.54) is 29.2 Å². The SMILES string of the molecule is O=C(Cc1ccc(Cl)cc1)N/N=C\C12c3ccccc3C(c3ccccc31)[C@H]1C(=O)N(c3ccc(F)cc3)C(=O)[C@@H]12. The van der Waals surface area contributed by atoms with Crippen molar-refractivity contribution in [1.82, 2.24) is 5.43 Å². The number of carbonyl (C=O) groups is 3. The van der Waals surface area contributed by atoms with Gasteiger partial charge in [-0.25, -0.2) is 14.7 Å². The van der Waals surface area contributed by atoms with Gasteiger partial charge in [-0.15, -0.1) is 0 Å². The maximum Gasteiger partial charge on any atom is 0.244 e. The van der Waals surface area contributed by atoms with E-state index in [1.807, 2.05) is 48.5 Å². The quantitative estimate of drug-likeness (QED) is 0.201. The summed E-state index contributed by atoms with van der Waals surface area (Å²) in [5, 5.41) is 5.00. The summed E-state index contributed by atoms with van der Waals surface area (Å²) >= 11 is 5.96. The van der Waals surface area contributed by atoms with Gasteiger partial charge in [-0.2, -0.15) is 5.10 Å². The third-order valence-corrected chi connectivity index (χ3v) is 8.76. The van der Waals surface area contributed by atoms with Crippen molar-refractivity contribution in [3.05, 3.63) is 136 Å². The molecule has 6 nitrogen and oxygen atoms in total. The molecule has 0 radical (unpaired) electrons. The molecule has 1 saturated heterocycles. The lowest BCUT2D eigenvalue weighted by atomic mass is 9.47. The van der Waals surface area contributed by atoms with Crippen molar-refractivity contribution in [3.63, 3.8) is 0 Å². The highest BCUT2D eigenvalue weighted by Gasteiger charge is 2.68. The number of benzene rings is 4. The standard InChI is InChI=1S/C33H23ClFN3O3/c34-20-11-9-19(10-12-20)17-27(39)37-36-18-33-25-7-3-1-5-23(25)28(24-6-2-4-8-26(24)33)29-30(33)32(41)38(31(29)40)22-15-13-21(35)14-16-22/h1-16,18,28-30H,17H2,(H,37,39)/b36-18-/t28?,29-,30-,33?/m1/s1. The Morgan fingerprint density at radius 3 is 2.12 bits per heavy atom. The summed E-state index contributed by atoms with van der Waals surface area (Å²) in [5.41, 5.74) is 6.29. The monoisotopic (exact) mass is 563 g/mol. The fraction of sp³-hybridized carbons (Fsp3) is 0.152. The molecule has 1 aliphatic heterocycles. The van der Waals surface area contributed by atoms with Crippen molar-refractivity contribution in [3.8, 4) is 0 Å². The number of halogens is 2. The van der Waals surface area contributed by atoms with Crippen molar-refractivity contribution >= 4 is 41.2 Å². The molecule has 1 N–H and O–H groups in total. The molecule has 3 aliphatic carbocycles. The van der Waals surface area contributed by atoms with Gasteiger partial charge in [-0.1, -0.05) is 72.3 Å². The maximum absolute atomic E-state index is 14.3. The van der Waals surface area contributed by atoms with Crippen LogP contribution in [0.15, 0.2) is 102 Å². The van der Waals surface area contributed by atoms with E-state index in [9.17, 15) is 18.8 Å². The number of anilines is 1. The number of hydrogen-bond acceptors (Lipinski definition) is 4. The molecule has 4 aromatic carbocycles. The third kappa shape index (κ3) is 3.76. The van der Waals surface area contributed by atoms with Crippen LogP contribution in [0.4, 0.5) is 10.1 Å². The van der Waals surface area contributed by atoms with Crippen molar-refractivity contribution in [2.45, 2.75) is 17.8 Å². The number of imide groups is 1. The van der Waals surface area contributed by atoms with Crippen molar-refractivity contribution in [1.29, 1.82) is 0 Å². The van der Waals surface area contributed by atoms with Crippen molar-refractivity contribution in [2.75, 3.05) is 4.90 Å².